The molecule has 0 aliphatic carbocycles. The molecule has 3 N–H and O–H groups in total. The van der Waals surface area contributed by atoms with Crippen LogP contribution in [0.3, 0.4) is 0 Å². The Labute approximate surface area is 145 Å². The van der Waals surface area contributed by atoms with Crippen molar-refractivity contribution < 1.29 is 9.59 Å². The zero-order valence-electron chi connectivity index (χ0n) is 15.3. The normalized spacial score (nSPS) is 14.3. The van der Waals surface area contributed by atoms with Gasteiger partial charge in [-0.1, -0.05) is 33.8 Å². The zero-order valence-corrected chi connectivity index (χ0v) is 16.1. The first kappa shape index (κ1) is 22.0. The van der Waals surface area contributed by atoms with Gasteiger partial charge in [0.15, 0.2) is 0 Å². The number of carbonyl (C=O) groups excluding carboxylic acids is 2. The average molecular weight is 344 g/mol. The predicted octanol–water partition coefficient (Wildman–Crippen LogP) is 2.14. The van der Waals surface area contributed by atoms with Crippen LogP contribution in [-0.2, 0) is 9.59 Å². The van der Waals surface area contributed by atoms with E-state index in [0.29, 0.717) is 11.8 Å². The summed E-state index contributed by atoms with van der Waals surface area (Å²) in [6.07, 6.45) is 5.61. The molecule has 0 rings (SSSR count). The molecule has 0 aliphatic rings. The van der Waals surface area contributed by atoms with Crippen molar-refractivity contribution in [2.45, 2.75) is 52.6 Å². The molecule has 0 aromatic rings. The Morgan fingerprint density at radius 2 is 1.70 bits per heavy atom. The molecule has 2 amide bonds. The minimum atomic E-state index is -0.259. The van der Waals surface area contributed by atoms with Gasteiger partial charge in [0, 0.05) is 6.04 Å². The van der Waals surface area contributed by atoms with Gasteiger partial charge < -0.3 is 16.0 Å². The Morgan fingerprint density at radius 1 is 1.09 bits per heavy atom. The number of amides is 2. The summed E-state index contributed by atoms with van der Waals surface area (Å²) < 4.78 is 0. The molecule has 0 saturated heterocycles. The van der Waals surface area contributed by atoms with Crippen molar-refractivity contribution in [3.8, 4) is 0 Å². The summed E-state index contributed by atoms with van der Waals surface area (Å²) in [5.74, 6) is 0.616. The second-order valence-electron chi connectivity index (χ2n) is 6.56. The third-order valence-electron chi connectivity index (χ3n) is 3.31. The lowest BCUT2D eigenvalue weighted by molar-refractivity contribution is -0.127. The molecule has 0 aliphatic heterocycles. The number of rotatable bonds is 11. The molecule has 6 heteroatoms. The molecule has 0 fully saturated rings. The van der Waals surface area contributed by atoms with Gasteiger partial charge in [-0.05, 0) is 43.4 Å². The number of nitrogens with one attached hydrogen (secondary N) is 3. The maximum absolute atomic E-state index is 12.1. The van der Waals surface area contributed by atoms with E-state index in [1.165, 1.54) is 0 Å². The lowest BCUT2D eigenvalue weighted by atomic mass is 10.0. The minimum absolute atomic E-state index is 0.00242. The number of thioether (sulfide) groups is 1. The Balaban J connectivity index is 4.39. The van der Waals surface area contributed by atoms with Crippen LogP contribution in [0.4, 0.5) is 0 Å². The molecule has 2 atom stereocenters. The van der Waals surface area contributed by atoms with Crippen molar-refractivity contribution in [3.05, 3.63) is 11.5 Å². The maximum atomic E-state index is 12.1. The highest BCUT2D eigenvalue weighted by Gasteiger charge is 2.18. The third-order valence-corrected chi connectivity index (χ3v) is 3.74. The highest BCUT2D eigenvalue weighted by molar-refractivity contribution is 8.01. The quantitative estimate of drug-likeness (QED) is 0.538. The lowest BCUT2D eigenvalue weighted by Crippen LogP contribution is -2.48. The van der Waals surface area contributed by atoms with E-state index in [4.69, 9.17) is 0 Å². The molecule has 0 spiro atoms. The first-order valence-electron chi connectivity index (χ1n) is 8.23. The molecule has 0 unspecified atom stereocenters. The van der Waals surface area contributed by atoms with Crippen LogP contribution in [0.15, 0.2) is 11.5 Å². The van der Waals surface area contributed by atoms with Crippen LogP contribution in [0.25, 0.3) is 0 Å². The fraction of sp³-hybridized carbons (Fsp3) is 0.765. The Kier molecular flexibility index (Phi) is 11.9. The van der Waals surface area contributed by atoms with Gasteiger partial charge in [-0.25, -0.2) is 0 Å². The van der Waals surface area contributed by atoms with Crippen LogP contribution < -0.4 is 16.0 Å². The Morgan fingerprint density at radius 3 is 2.17 bits per heavy atom. The highest BCUT2D eigenvalue weighted by Crippen LogP contribution is 2.08. The van der Waals surface area contributed by atoms with Crippen LogP contribution in [0.5, 0.6) is 0 Å². The van der Waals surface area contributed by atoms with Crippen molar-refractivity contribution in [2.75, 3.05) is 19.8 Å². The van der Waals surface area contributed by atoms with Gasteiger partial charge >= 0.3 is 0 Å². The minimum Gasteiger partial charge on any atom is -0.348 e. The molecule has 0 heterocycles. The van der Waals surface area contributed by atoms with Crippen LogP contribution in [0, 0.1) is 11.8 Å². The predicted molar refractivity (Wildman–Crippen MR) is 99.4 cm³/mol. The molecule has 134 valence electrons. The molecule has 0 radical (unpaired) electrons. The van der Waals surface area contributed by atoms with E-state index >= 15 is 0 Å². The molecule has 23 heavy (non-hydrogen) atoms. The van der Waals surface area contributed by atoms with Gasteiger partial charge in [0.05, 0.1) is 12.6 Å². The fourth-order valence-electron chi connectivity index (χ4n) is 2.24. The van der Waals surface area contributed by atoms with Crippen molar-refractivity contribution >= 4 is 23.6 Å². The third kappa shape index (κ3) is 11.2. The molecular formula is C17H33N3O2S. The van der Waals surface area contributed by atoms with Gasteiger partial charge in [0.2, 0.25) is 11.8 Å². The summed E-state index contributed by atoms with van der Waals surface area (Å²) in [6, 6.07) is -0.256. The standard InChI is InChI=1S/C17H33N3O2S/c1-12(2)9-14(7-8-23-6)20-16(21)11-19-17(22)15(18-5)10-13(3)4/h7-8,12-15,18H,9-11H2,1-6H3,(H,19,22)(H,20,21)/b8-7+/t14-,15+/m1/s1. The van der Waals surface area contributed by atoms with Gasteiger partial charge in [-0.2, -0.15) is 0 Å². The van der Waals surface area contributed by atoms with E-state index in [-0.39, 0.29) is 30.4 Å². The van der Waals surface area contributed by atoms with Crippen molar-refractivity contribution in [3.63, 3.8) is 0 Å². The molecule has 0 bridgehead atoms. The number of carbonyl (C=O) groups is 2. The summed E-state index contributed by atoms with van der Waals surface area (Å²) in [7, 11) is 1.76. The largest absolute Gasteiger partial charge is 0.348 e. The summed E-state index contributed by atoms with van der Waals surface area (Å²) in [5, 5.41) is 10.6. The second-order valence-corrected chi connectivity index (χ2v) is 7.30. The monoisotopic (exact) mass is 343 g/mol. The topological polar surface area (TPSA) is 70.2 Å². The number of likely N-dealkylation sites (N-methyl/N-ethyl adjacent to an activating group) is 1. The molecule has 5 nitrogen and oxygen atoms in total. The summed E-state index contributed by atoms with van der Waals surface area (Å²) in [4.78, 5) is 24.1. The summed E-state index contributed by atoms with van der Waals surface area (Å²) >= 11 is 1.61. The number of hydrogen-bond donors (Lipinski definition) is 3. The molecular weight excluding hydrogens is 310 g/mol. The maximum Gasteiger partial charge on any atom is 0.239 e. The van der Waals surface area contributed by atoms with Gasteiger partial charge in [-0.3, -0.25) is 9.59 Å². The second kappa shape index (κ2) is 12.4. The van der Waals surface area contributed by atoms with E-state index in [2.05, 4.69) is 43.6 Å². The van der Waals surface area contributed by atoms with Gasteiger partial charge in [-0.15, -0.1) is 11.8 Å². The number of hydrogen-bond acceptors (Lipinski definition) is 4. The van der Waals surface area contributed by atoms with E-state index < -0.39 is 0 Å². The van der Waals surface area contributed by atoms with Crippen molar-refractivity contribution in [1.82, 2.24) is 16.0 Å². The van der Waals surface area contributed by atoms with Crippen LogP contribution in [0.2, 0.25) is 0 Å². The molecule has 0 aromatic carbocycles. The first-order valence-corrected chi connectivity index (χ1v) is 9.52. The average Bonchev–Trinajstić information content (AvgIpc) is 2.47. The summed E-state index contributed by atoms with van der Waals surface area (Å²) in [5.41, 5.74) is 0. The van der Waals surface area contributed by atoms with E-state index in [0.717, 1.165) is 12.8 Å². The van der Waals surface area contributed by atoms with Gasteiger partial charge in [0.1, 0.15) is 0 Å². The van der Waals surface area contributed by atoms with E-state index in [9.17, 15) is 9.59 Å². The van der Waals surface area contributed by atoms with E-state index in [1.807, 2.05) is 17.7 Å². The van der Waals surface area contributed by atoms with Crippen LogP contribution in [-0.4, -0.2) is 43.7 Å². The zero-order chi connectivity index (χ0) is 17.8. The van der Waals surface area contributed by atoms with Crippen molar-refractivity contribution in [1.29, 1.82) is 0 Å². The lowest BCUT2D eigenvalue weighted by Gasteiger charge is -2.19. The Hall–Kier alpha value is -1.01. The fourth-order valence-corrected chi connectivity index (χ4v) is 2.59. The molecule has 0 saturated carbocycles. The highest BCUT2D eigenvalue weighted by atomic mass is 32.2. The SMILES string of the molecule is CN[C@@H](CC(C)C)C(=O)NCC(=O)N[C@H](/C=C/SC)CC(C)C. The summed E-state index contributed by atoms with van der Waals surface area (Å²) in [6.45, 7) is 8.39. The smallest absolute Gasteiger partial charge is 0.239 e. The van der Waals surface area contributed by atoms with Crippen molar-refractivity contribution in [2.24, 2.45) is 11.8 Å². The van der Waals surface area contributed by atoms with E-state index in [1.54, 1.807) is 18.8 Å². The first-order chi connectivity index (χ1) is 10.8. The van der Waals surface area contributed by atoms with Gasteiger partial charge in [0.25, 0.3) is 0 Å². The van der Waals surface area contributed by atoms with Crippen LogP contribution in [0.1, 0.15) is 40.5 Å². The molecule has 0 aromatic heterocycles. The Bertz CT molecular complexity index is 384. The van der Waals surface area contributed by atoms with Crippen LogP contribution >= 0.6 is 11.8 Å².